The molecule has 0 bridgehead atoms. The smallest absolute Gasteiger partial charge is 0.307 e. The molecule has 0 fully saturated rings. The Morgan fingerprint density at radius 3 is 2.67 bits per heavy atom. The first-order valence-corrected chi connectivity index (χ1v) is 3.87. The van der Waals surface area contributed by atoms with Gasteiger partial charge in [0.2, 0.25) is 0 Å². The van der Waals surface area contributed by atoms with Crippen LogP contribution in [-0.4, -0.2) is 23.3 Å². The highest BCUT2D eigenvalue weighted by Gasteiger charge is 2.14. The molecule has 2 atom stereocenters. The molecule has 4 nitrogen and oxygen atoms in total. The molecule has 4 heteroatoms. The number of carboxylic acids is 1. The molecule has 0 aromatic carbocycles. The van der Waals surface area contributed by atoms with Gasteiger partial charge in [0.25, 0.3) is 0 Å². The zero-order chi connectivity index (χ0) is 9.56. The van der Waals surface area contributed by atoms with Crippen molar-refractivity contribution in [2.75, 3.05) is 0 Å². The lowest BCUT2D eigenvalue weighted by molar-refractivity contribution is -0.139. The third-order valence-electron chi connectivity index (χ3n) is 1.48. The van der Waals surface area contributed by atoms with Gasteiger partial charge < -0.3 is 9.84 Å². The first kappa shape index (κ1) is 10.9. The summed E-state index contributed by atoms with van der Waals surface area (Å²) in [4.78, 5) is 10.2. The summed E-state index contributed by atoms with van der Waals surface area (Å²) in [6, 6.07) is 1.80. The van der Waals surface area contributed by atoms with E-state index in [0.29, 0.717) is 0 Å². The third kappa shape index (κ3) is 4.69. The maximum absolute atomic E-state index is 10.2. The number of aliphatic carboxylic acids is 1. The van der Waals surface area contributed by atoms with Gasteiger partial charge >= 0.3 is 5.97 Å². The Balaban J connectivity index is 3.85. The summed E-state index contributed by atoms with van der Waals surface area (Å²) in [6.07, 6.45) is -0.356. The molecule has 0 heterocycles. The second kappa shape index (κ2) is 5.56. The van der Waals surface area contributed by atoms with Crippen LogP contribution in [0.5, 0.6) is 0 Å². The van der Waals surface area contributed by atoms with Crippen LogP contribution in [0.2, 0.25) is 0 Å². The first-order valence-electron chi connectivity index (χ1n) is 3.87. The van der Waals surface area contributed by atoms with E-state index < -0.39 is 12.1 Å². The first-order chi connectivity index (χ1) is 5.60. The Morgan fingerprint density at radius 1 is 1.75 bits per heavy atom. The van der Waals surface area contributed by atoms with Crippen molar-refractivity contribution in [3.8, 4) is 6.07 Å². The summed E-state index contributed by atoms with van der Waals surface area (Å²) < 4.78 is 5.12. The molecule has 2 unspecified atom stereocenters. The zero-order valence-electron chi connectivity index (χ0n) is 7.28. The second-order valence-corrected chi connectivity index (χ2v) is 2.57. The molecule has 0 spiro atoms. The number of nitrogens with zero attached hydrogens (tertiary/aromatic N) is 1. The van der Waals surface area contributed by atoms with Crippen molar-refractivity contribution in [2.24, 2.45) is 0 Å². The Hall–Kier alpha value is -1.08. The largest absolute Gasteiger partial charge is 0.481 e. The normalized spacial score (nSPS) is 14.8. The van der Waals surface area contributed by atoms with Crippen LogP contribution < -0.4 is 0 Å². The van der Waals surface area contributed by atoms with Gasteiger partial charge in [-0.1, -0.05) is 6.92 Å². The van der Waals surface area contributed by atoms with Crippen LogP contribution in [0.4, 0.5) is 0 Å². The van der Waals surface area contributed by atoms with Gasteiger partial charge in [0, 0.05) is 0 Å². The summed E-state index contributed by atoms with van der Waals surface area (Å²) in [5.74, 6) is -1.01. The van der Waals surface area contributed by atoms with Crippen LogP contribution in [0, 0.1) is 11.3 Å². The highest BCUT2D eigenvalue weighted by atomic mass is 16.5. The maximum Gasteiger partial charge on any atom is 0.307 e. The minimum atomic E-state index is -1.01. The standard InChI is InChI=1S/C8H13NO3/c1-3-6(2)12-7(5-9)4-8(10)11/h6-7H,3-4H2,1-2H3,(H,10,11). The molecule has 0 aliphatic rings. The van der Waals surface area contributed by atoms with E-state index in [2.05, 4.69) is 0 Å². The van der Waals surface area contributed by atoms with Crippen LogP contribution in [0.1, 0.15) is 26.7 Å². The minimum absolute atomic E-state index is 0.0611. The van der Waals surface area contributed by atoms with E-state index in [-0.39, 0.29) is 12.5 Å². The summed E-state index contributed by atoms with van der Waals surface area (Å²) >= 11 is 0. The third-order valence-corrected chi connectivity index (χ3v) is 1.48. The lowest BCUT2D eigenvalue weighted by atomic mass is 10.2. The van der Waals surface area contributed by atoms with Crippen LogP contribution in [0.3, 0.4) is 0 Å². The second-order valence-electron chi connectivity index (χ2n) is 2.57. The molecule has 12 heavy (non-hydrogen) atoms. The molecular weight excluding hydrogens is 158 g/mol. The molecule has 0 saturated heterocycles. The van der Waals surface area contributed by atoms with Crippen LogP contribution >= 0.6 is 0 Å². The Kier molecular flexibility index (Phi) is 5.06. The van der Waals surface area contributed by atoms with Crippen molar-refractivity contribution < 1.29 is 14.6 Å². The van der Waals surface area contributed by atoms with Crippen molar-refractivity contribution in [1.82, 2.24) is 0 Å². The average Bonchev–Trinajstić information content (AvgIpc) is 2.02. The number of hydrogen-bond donors (Lipinski definition) is 1. The number of ether oxygens (including phenoxy) is 1. The summed E-state index contributed by atoms with van der Waals surface area (Å²) in [5.41, 5.74) is 0. The molecule has 0 rings (SSSR count). The van der Waals surface area contributed by atoms with E-state index in [1.165, 1.54) is 0 Å². The molecule has 0 aliphatic carbocycles. The quantitative estimate of drug-likeness (QED) is 0.674. The van der Waals surface area contributed by atoms with Crippen molar-refractivity contribution in [2.45, 2.75) is 38.9 Å². The summed E-state index contributed by atoms with van der Waals surface area (Å²) in [6.45, 7) is 3.73. The highest BCUT2D eigenvalue weighted by Crippen LogP contribution is 2.04. The van der Waals surface area contributed by atoms with Crippen molar-refractivity contribution in [1.29, 1.82) is 5.26 Å². The van der Waals surface area contributed by atoms with Crippen LogP contribution in [0.25, 0.3) is 0 Å². The molecule has 68 valence electrons. The van der Waals surface area contributed by atoms with E-state index in [1.807, 2.05) is 13.8 Å². The van der Waals surface area contributed by atoms with Gasteiger partial charge in [-0.15, -0.1) is 0 Å². The summed E-state index contributed by atoms with van der Waals surface area (Å²) in [5, 5.41) is 16.9. The predicted molar refractivity (Wildman–Crippen MR) is 42.5 cm³/mol. The van der Waals surface area contributed by atoms with Gasteiger partial charge in [0.05, 0.1) is 18.6 Å². The number of carboxylic acid groups (broad SMARTS) is 1. The van der Waals surface area contributed by atoms with Gasteiger partial charge in [-0.05, 0) is 13.3 Å². The zero-order valence-corrected chi connectivity index (χ0v) is 7.28. The Bertz CT molecular complexity index is 185. The van der Waals surface area contributed by atoms with Gasteiger partial charge in [-0.25, -0.2) is 0 Å². The lowest BCUT2D eigenvalue weighted by Gasteiger charge is -2.13. The minimum Gasteiger partial charge on any atom is -0.481 e. The number of nitriles is 1. The van der Waals surface area contributed by atoms with E-state index in [9.17, 15) is 4.79 Å². The fraction of sp³-hybridized carbons (Fsp3) is 0.750. The molecular formula is C8H13NO3. The molecule has 0 radical (unpaired) electrons. The molecule has 0 amide bonds. The number of hydrogen-bond acceptors (Lipinski definition) is 3. The van der Waals surface area contributed by atoms with E-state index in [0.717, 1.165) is 6.42 Å². The molecule has 0 saturated carbocycles. The van der Waals surface area contributed by atoms with E-state index in [4.69, 9.17) is 15.1 Å². The van der Waals surface area contributed by atoms with Crippen molar-refractivity contribution >= 4 is 5.97 Å². The van der Waals surface area contributed by atoms with Gasteiger partial charge in [0.1, 0.15) is 0 Å². The van der Waals surface area contributed by atoms with Crippen LogP contribution in [0.15, 0.2) is 0 Å². The topological polar surface area (TPSA) is 70.3 Å². The van der Waals surface area contributed by atoms with Gasteiger partial charge in [-0.3, -0.25) is 4.79 Å². The Labute approximate surface area is 71.8 Å². The van der Waals surface area contributed by atoms with Gasteiger partial charge in [0.15, 0.2) is 6.10 Å². The monoisotopic (exact) mass is 171 g/mol. The molecule has 0 aromatic rings. The predicted octanol–water partition coefficient (Wildman–Crippen LogP) is 1.17. The van der Waals surface area contributed by atoms with Gasteiger partial charge in [-0.2, -0.15) is 5.26 Å². The lowest BCUT2D eigenvalue weighted by Crippen LogP contribution is -2.20. The van der Waals surface area contributed by atoms with E-state index in [1.54, 1.807) is 6.07 Å². The molecule has 1 N–H and O–H groups in total. The number of carbonyl (C=O) groups is 1. The maximum atomic E-state index is 10.2. The van der Waals surface area contributed by atoms with Crippen molar-refractivity contribution in [3.05, 3.63) is 0 Å². The fourth-order valence-corrected chi connectivity index (χ4v) is 0.659. The molecule has 0 aliphatic heterocycles. The van der Waals surface area contributed by atoms with Crippen LogP contribution in [-0.2, 0) is 9.53 Å². The SMILES string of the molecule is CCC(C)OC(C#N)CC(=O)O. The fourth-order valence-electron chi connectivity index (χ4n) is 0.659. The highest BCUT2D eigenvalue weighted by molar-refractivity contribution is 5.67. The van der Waals surface area contributed by atoms with Crippen molar-refractivity contribution in [3.63, 3.8) is 0 Å². The van der Waals surface area contributed by atoms with E-state index >= 15 is 0 Å². The number of rotatable bonds is 5. The summed E-state index contributed by atoms with van der Waals surface area (Å²) in [7, 11) is 0. The molecule has 0 aromatic heterocycles. The average molecular weight is 171 g/mol. The Morgan fingerprint density at radius 2 is 2.33 bits per heavy atom.